The fourth-order valence-corrected chi connectivity index (χ4v) is 3.38. The van der Waals surface area contributed by atoms with Crippen molar-refractivity contribution in [2.75, 3.05) is 0 Å². The van der Waals surface area contributed by atoms with E-state index < -0.39 is 0 Å². The molecule has 2 atom stereocenters. The first-order valence-electron chi connectivity index (χ1n) is 7.39. The van der Waals surface area contributed by atoms with Gasteiger partial charge in [0.2, 0.25) is 0 Å². The first-order valence-corrected chi connectivity index (χ1v) is 7.39. The third-order valence-corrected chi connectivity index (χ3v) is 4.36. The zero-order valence-corrected chi connectivity index (χ0v) is 12.3. The molecule has 100 valence electrons. The van der Waals surface area contributed by atoms with Crippen LogP contribution in [0.5, 0.6) is 0 Å². The molecule has 0 spiro atoms. The van der Waals surface area contributed by atoms with Crippen LogP contribution in [0.1, 0.15) is 46.1 Å². The van der Waals surface area contributed by atoms with Crippen LogP contribution in [0.25, 0.3) is 0 Å². The summed E-state index contributed by atoms with van der Waals surface area (Å²) >= 11 is 0. The topological polar surface area (TPSA) is 3.24 Å². The van der Waals surface area contributed by atoms with E-state index in [9.17, 15) is 0 Å². The van der Waals surface area contributed by atoms with E-state index in [1.54, 1.807) is 0 Å². The van der Waals surface area contributed by atoms with Crippen LogP contribution in [-0.2, 0) is 6.54 Å². The molecule has 0 aromatic heterocycles. The molecule has 0 amide bonds. The highest BCUT2D eigenvalue weighted by Gasteiger charge is 2.36. The smallest absolute Gasteiger partial charge is 0.0239 e. The number of nitrogens with zero attached hydrogens (tertiary/aromatic N) is 1. The number of rotatable bonds is 4. The lowest BCUT2D eigenvalue weighted by Crippen LogP contribution is -2.40. The molecule has 1 saturated heterocycles. The Bertz CT molecular complexity index is 339. The summed E-state index contributed by atoms with van der Waals surface area (Å²) in [6.45, 7) is 10.6. The summed E-state index contributed by atoms with van der Waals surface area (Å²) in [4.78, 5) is 2.75. The number of hydrogen-bond acceptors (Lipinski definition) is 1. The van der Waals surface area contributed by atoms with Crippen LogP contribution in [-0.4, -0.2) is 17.0 Å². The van der Waals surface area contributed by atoms with Gasteiger partial charge in [0, 0.05) is 18.6 Å². The molecule has 18 heavy (non-hydrogen) atoms. The van der Waals surface area contributed by atoms with Crippen LogP contribution in [0, 0.1) is 11.8 Å². The van der Waals surface area contributed by atoms with Crippen LogP contribution in [0.4, 0.5) is 0 Å². The van der Waals surface area contributed by atoms with E-state index in [1.165, 1.54) is 18.4 Å². The SMILES string of the molecule is CC(C)[C@H]1CC[C@H](C(C)C)N1Cc1ccccc1. The van der Waals surface area contributed by atoms with Crippen molar-refractivity contribution in [2.45, 2.75) is 59.2 Å². The second kappa shape index (κ2) is 5.88. The highest BCUT2D eigenvalue weighted by molar-refractivity contribution is 5.15. The molecule has 1 aromatic carbocycles. The van der Waals surface area contributed by atoms with E-state index in [0.29, 0.717) is 0 Å². The van der Waals surface area contributed by atoms with E-state index in [1.807, 2.05) is 0 Å². The molecule has 2 rings (SSSR count). The van der Waals surface area contributed by atoms with Gasteiger partial charge in [0.25, 0.3) is 0 Å². The largest absolute Gasteiger partial charge is 0.293 e. The van der Waals surface area contributed by atoms with Crippen molar-refractivity contribution in [3.63, 3.8) is 0 Å². The average molecular weight is 245 g/mol. The summed E-state index contributed by atoms with van der Waals surface area (Å²) in [6.07, 6.45) is 2.74. The lowest BCUT2D eigenvalue weighted by Gasteiger charge is -2.34. The molecular weight excluding hydrogens is 218 g/mol. The molecular formula is C17H27N. The zero-order valence-electron chi connectivity index (χ0n) is 12.3. The van der Waals surface area contributed by atoms with Crippen molar-refractivity contribution < 1.29 is 0 Å². The van der Waals surface area contributed by atoms with Gasteiger partial charge >= 0.3 is 0 Å². The second-order valence-electron chi connectivity index (χ2n) is 6.36. The molecule has 1 aliphatic rings. The molecule has 0 radical (unpaired) electrons. The van der Waals surface area contributed by atoms with E-state index >= 15 is 0 Å². The van der Waals surface area contributed by atoms with Crippen molar-refractivity contribution in [3.8, 4) is 0 Å². The lowest BCUT2D eigenvalue weighted by atomic mass is 10.0. The minimum atomic E-state index is 0.762. The molecule has 1 nitrogen and oxygen atoms in total. The van der Waals surface area contributed by atoms with Crippen LogP contribution >= 0.6 is 0 Å². The van der Waals surface area contributed by atoms with E-state index in [2.05, 4.69) is 62.9 Å². The van der Waals surface area contributed by atoms with Gasteiger partial charge < -0.3 is 0 Å². The molecule has 1 aromatic rings. The molecule has 1 heteroatoms. The third kappa shape index (κ3) is 2.95. The molecule has 1 heterocycles. The summed E-state index contributed by atoms with van der Waals surface area (Å²) in [5.41, 5.74) is 1.45. The van der Waals surface area contributed by atoms with E-state index in [-0.39, 0.29) is 0 Å². The van der Waals surface area contributed by atoms with Crippen LogP contribution in [0.2, 0.25) is 0 Å². The second-order valence-corrected chi connectivity index (χ2v) is 6.36. The molecule has 1 aliphatic heterocycles. The molecule has 1 fully saturated rings. The van der Waals surface area contributed by atoms with Crippen molar-refractivity contribution in [3.05, 3.63) is 35.9 Å². The fraction of sp³-hybridized carbons (Fsp3) is 0.647. The van der Waals surface area contributed by atoms with Crippen LogP contribution in [0.15, 0.2) is 30.3 Å². The summed E-state index contributed by atoms with van der Waals surface area (Å²) in [6, 6.07) is 12.4. The van der Waals surface area contributed by atoms with E-state index in [0.717, 1.165) is 30.5 Å². The predicted molar refractivity (Wildman–Crippen MR) is 78.5 cm³/mol. The molecule has 0 aliphatic carbocycles. The maximum atomic E-state index is 2.75. The summed E-state index contributed by atoms with van der Waals surface area (Å²) in [5, 5.41) is 0. The number of likely N-dealkylation sites (tertiary alicyclic amines) is 1. The molecule has 0 saturated carbocycles. The third-order valence-electron chi connectivity index (χ3n) is 4.36. The van der Waals surface area contributed by atoms with Crippen molar-refractivity contribution in [2.24, 2.45) is 11.8 Å². The van der Waals surface area contributed by atoms with Gasteiger partial charge in [-0.05, 0) is 30.2 Å². The summed E-state index contributed by atoms with van der Waals surface area (Å²) in [7, 11) is 0. The number of hydrogen-bond donors (Lipinski definition) is 0. The Labute approximate surface area is 112 Å². The quantitative estimate of drug-likeness (QED) is 0.763. The highest BCUT2D eigenvalue weighted by atomic mass is 15.2. The minimum absolute atomic E-state index is 0.762. The van der Waals surface area contributed by atoms with Crippen molar-refractivity contribution in [1.29, 1.82) is 0 Å². The number of benzene rings is 1. The Morgan fingerprint density at radius 3 is 1.89 bits per heavy atom. The van der Waals surface area contributed by atoms with Gasteiger partial charge in [0.05, 0.1) is 0 Å². The fourth-order valence-electron chi connectivity index (χ4n) is 3.38. The standard InChI is InChI=1S/C17H27N/c1-13(2)16-10-11-17(14(3)4)18(16)12-15-8-6-5-7-9-15/h5-9,13-14,16-17H,10-12H2,1-4H3/t16-,17-/m1/s1. The zero-order chi connectivity index (χ0) is 13.1. The Morgan fingerprint density at radius 1 is 0.944 bits per heavy atom. The van der Waals surface area contributed by atoms with Gasteiger partial charge in [0.15, 0.2) is 0 Å². The monoisotopic (exact) mass is 245 g/mol. The Hall–Kier alpha value is -0.820. The van der Waals surface area contributed by atoms with Crippen molar-refractivity contribution >= 4 is 0 Å². The Kier molecular flexibility index (Phi) is 4.45. The average Bonchev–Trinajstić information content (AvgIpc) is 2.74. The van der Waals surface area contributed by atoms with Crippen LogP contribution in [0.3, 0.4) is 0 Å². The van der Waals surface area contributed by atoms with Gasteiger partial charge in [-0.1, -0.05) is 58.0 Å². The maximum Gasteiger partial charge on any atom is 0.0239 e. The van der Waals surface area contributed by atoms with Gasteiger partial charge in [-0.3, -0.25) is 4.90 Å². The summed E-state index contributed by atoms with van der Waals surface area (Å²) in [5.74, 6) is 1.52. The van der Waals surface area contributed by atoms with Crippen LogP contribution < -0.4 is 0 Å². The van der Waals surface area contributed by atoms with Crippen molar-refractivity contribution in [1.82, 2.24) is 4.90 Å². The molecule has 0 N–H and O–H groups in total. The maximum absolute atomic E-state index is 2.75. The Balaban J connectivity index is 2.14. The molecule has 0 bridgehead atoms. The predicted octanol–water partition coefficient (Wildman–Crippen LogP) is 4.33. The first kappa shape index (κ1) is 13.6. The molecule has 0 unspecified atom stereocenters. The van der Waals surface area contributed by atoms with Gasteiger partial charge in [-0.2, -0.15) is 0 Å². The van der Waals surface area contributed by atoms with Gasteiger partial charge in [-0.15, -0.1) is 0 Å². The van der Waals surface area contributed by atoms with Gasteiger partial charge in [0.1, 0.15) is 0 Å². The van der Waals surface area contributed by atoms with E-state index in [4.69, 9.17) is 0 Å². The highest BCUT2D eigenvalue weighted by Crippen LogP contribution is 2.34. The summed E-state index contributed by atoms with van der Waals surface area (Å²) < 4.78 is 0. The lowest BCUT2D eigenvalue weighted by molar-refractivity contribution is 0.123. The normalized spacial score (nSPS) is 25.2. The first-order chi connectivity index (χ1) is 8.59. The Morgan fingerprint density at radius 2 is 1.44 bits per heavy atom. The minimum Gasteiger partial charge on any atom is -0.293 e. The van der Waals surface area contributed by atoms with Gasteiger partial charge in [-0.25, -0.2) is 0 Å².